The molecule has 0 amide bonds. The molecule has 2 atom stereocenters. The van der Waals surface area contributed by atoms with Crippen LogP contribution in [0.25, 0.3) is 0 Å². The summed E-state index contributed by atoms with van der Waals surface area (Å²) in [7, 11) is 1.31. The summed E-state index contributed by atoms with van der Waals surface area (Å²) in [6.45, 7) is 1.86. The number of hydrogen-bond donors (Lipinski definition) is 1. The lowest BCUT2D eigenvalue weighted by atomic mass is 9.94. The lowest BCUT2D eigenvalue weighted by Gasteiger charge is -2.34. The van der Waals surface area contributed by atoms with Crippen LogP contribution in [0.5, 0.6) is 0 Å². The summed E-state index contributed by atoms with van der Waals surface area (Å²) in [6, 6.07) is 0. The van der Waals surface area contributed by atoms with E-state index in [4.69, 9.17) is 0 Å². The van der Waals surface area contributed by atoms with Gasteiger partial charge in [0.2, 0.25) is 0 Å². The van der Waals surface area contributed by atoms with Gasteiger partial charge in [0, 0.05) is 5.25 Å². The number of thioether (sulfide) groups is 1. The van der Waals surface area contributed by atoms with Gasteiger partial charge in [-0.25, -0.2) is 4.79 Å². The molecule has 0 aromatic carbocycles. The van der Waals surface area contributed by atoms with Crippen LogP contribution in [0.2, 0.25) is 0 Å². The van der Waals surface area contributed by atoms with E-state index in [1.807, 2.05) is 6.92 Å². The van der Waals surface area contributed by atoms with Gasteiger partial charge in [-0.15, -0.1) is 0 Å². The topological polar surface area (TPSA) is 46.5 Å². The highest BCUT2D eigenvalue weighted by molar-refractivity contribution is 8.00. The second-order valence-corrected chi connectivity index (χ2v) is 4.48. The van der Waals surface area contributed by atoms with Gasteiger partial charge in [-0.1, -0.05) is 0 Å². The van der Waals surface area contributed by atoms with Gasteiger partial charge in [0.25, 0.3) is 0 Å². The molecule has 2 unspecified atom stereocenters. The van der Waals surface area contributed by atoms with Gasteiger partial charge in [0.15, 0.2) is 5.60 Å². The van der Waals surface area contributed by atoms with Crippen molar-refractivity contribution < 1.29 is 14.6 Å². The molecule has 0 saturated carbocycles. The highest BCUT2D eigenvalue weighted by Gasteiger charge is 2.44. The van der Waals surface area contributed by atoms with Crippen LogP contribution >= 0.6 is 11.8 Å². The van der Waals surface area contributed by atoms with Crippen molar-refractivity contribution in [2.75, 3.05) is 12.9 Å². The zero-order valence-electron chi connectivity index (χ0n) is 7.37. The second kappa shape index (κ2) is 3.66. The third-order valence-corrected chi connectivity index (χ3v) is 3.70. The van der Waals surface area contributed by atoms with Crippen LogP contribution in [-0.4, -0.2) is 34.8 Å². The van der Waals surface area contributed by atoms with Crippen molar-refractivity contribution in [3.8, 4) is 0 Å². The fourth-order valence-corrected chi connectivity index (χ4v) is 2.54. The Morgan fingerprint density at radius 3 is 2.92 bits per heavy atom. The average molecular weight is 190 g/mol. The van der Waals surface area contributed by atoms with Crippen molar-refractivity contribution in [1.82, 2.24) is 0 Å². The monoisotopic (exact) mass is 190 g/mol. The molecule has 1 heterocycles. The van der Waals surface area contributed by atoms with Gasteiger partial charge in [-0.3, -0.25) is 0 Å². The molecule has 1 N–H and O–H groups in total. The molecule has 0 spiro atoms. The van der Waals surface area contributed by atoms with Gasteiger partial charge >= 0.3 is 5.97 Å². The first-order chi connectivity index (χ1) is 5.61. The molecule has 12 heavy (non-hydrogen) atoms. The van der Waals surface area contributed by atoms with Gasteiger partial charge < -0.3 is 9.84 Å². The zero-order chi connectivity index (χ0) is 9.19. The Balaban J connectivity index is 2.72. The van der Waals surface area contributed by atoms with Crippen LogP contribution in [-0.2, 0) is 9.53 Å². The first-order valence-electron chi connectivity index (χ1n) is 4.03. The van der Waals surface area contributed by atoms with E-state index < -0.39 is 11.6 Å². The standard InChI is InChI=1S/C8H14O3S/c1-6-8(10,7(9)11-2)4-3-5-12-6/h6,10H,3-5H2,1-2H3. The minimum atomic E-state index is -1.25. The lowest BCUT2D eigenvalue weighted by Crippen LogP contribution is -2.49. The van der Waals surface area contributed by atoms with Crippen molar-refractivity contribution in [1.29, 1.82) is 0 Å². The van der Waals surface area contributed by atoms with E-state index in [-0.39, 0.29) is 5.25 Å². The van der Waals surface area contributed by atoms with Crippen LogP contribution in [0.4, 0.5) is 0 Å². The van der Waals surface area contributed by atoms with E-state index in [0.29, 0.717) is 6.42 Å². The molecule has 1 saturated heterocycles. The smallest absolute Gasteiger partial charge is 0.338 e. The maximum Gasteiger partial charge on any atom is 0.338 e. The first kappa shape index (κ1) is 9.86. The van der Waals surface area contributed by atoms with Crippen LogP contribution in [0.15, 0.2) is 0 Å². The molecule has 4 heteroatoms. The molecule has 1 fully saturated rings. The largest absolute Gasteiger partial charge is 0.467 e. The minimum Gasteiger partial charge on any atom is -0.467 e. The Morgan fingerprint density at radius 2 is 2.42 bits per heavy atom. The number of carbonyl (C=O) groups excluding carboxylic acids is 1. The van der Waals surface area contributed by atoms with Gasteiger partial charge in [-0.05, 0) is 25.5 Å². The predicted molar refractivity (Wildman–Crippen MR) is 48.1 cm³/mol. The second-order valence-electron chi connectivity index (χ2n) is 3.03. The summed E-state index contributed by atoms with van der Waals surface area (Å²) >= 11 is 1.62. The van der Waals surface area contributed by atoms with E-state index in [1.165, 1.54) is 7.11 Å². The summed E-state index contributed by atoms with van der Waals surface area (Å²) in [6.07, 6.45) is 1.40. The molecule has 0 aliphatic carbocycles. The van der Waals surface area contributed by atoms with Gasteiger partial charge in [0.05, 0.1) is 7.11 Å². The fraction of sp³-hybridized carbons (Fsp3) is 0.875. The maximum absolute atomic E-state index is 11.2. The van der Waals surface area contributed by atoms with E-state index in [0.717, 1.165) is 12.2 Å². The SMILES string of the molecule is COC(=O)C1(O)CCCSC1C. The lowest BCUT2D eigenvalue weighted by molar-refractivity contribution is -0.163. The summed E-state index contributed by atoms with van der Waals surface area (Å²) in [5.41, 5.74) is -1.25. The summed E-state index contributed by atoms with van der Waals surface area (Å²) in [5.74, 6) is 0.516. The summed E-state index contributed by atoms with van der Waals surface area (Å²) in [5, 5.41) is 9.86. The Kier molecular flexibility index (Phi) is 3.01. The molecule has 1 rings (SSSR count). The first-order valence-corrected chi connectivity index (χ1v) is 5.08. The number of aliphatic hydroxyl groups is 1. The summed E-state index contributed by atoms with van der Waals surface area (Å²) in [4.78, 5) is 11.2. The molecule has 0 bridgehead atoms. The maximum atomic E-state index is 11.2. The molecule has 0 radical (unpaired) electrons. The van der Waals surface area contributed by atoms with Crippen LogP contribution in [0, 0.1) is 0 Å². The average Bonchev–Trinajstić information content (AvgIpc) is 2.09. The van der Waals surface area contributed by atoms with E-state index in [1.54, 1.807) is 11.8 Å². The molecule has 0 aromatic rings. The van der Waals surface area contributed by atoms with Crippen molar-refractivity contribution in [2.24, 2.45) is 0 Å². The molecular formula is C8H14O3S. The van der Waals surface area contributed by atoms with Crippen LogP contribution < -0.4 is 0 Å². The van der Waals surface area contributed by atoms with E-state index in [9.17, 15) is 9.90 Å². The Morgan fingerprint density at radius 1 is 1.75 bits per heavy atom. The molecule has 3 nitrogen and oxygen atoms in total. The third kappa shape index (κ3) is 1.59. The van der Waals surface area contributed by atoms with E-state index >= 15 is 0 Å². The van der Waals surface area contributed by atoms with Crippen molar-refractivity contribution in [2.45, 2.75) is 30.6 Å². The normalized spacial score (nSPS) is 36.1. The Labute approximate surface area is 76.5 Å². The number of ether oxygens (including phenoxy) is 1. The van der Waals surface area contributed by atoms with Gasteiger partial charge in [0.1, 0.15) is 0 Å². The van der Waals surface area contributed by atoms with Gasteiger partial charge in [-0.2, -0.15) is 11.8 Å². The summed E-state index contributed by atoms with van der Waals surface area (Å²) < 4.78 is 4.56. The molecule has 70 valence electrons. The van der Waals surface area contributed by atoms with Crippen LogP contribution in [0.3, 0.4) is 0 Å². The molecular weight excluding hydrogens is 176 g/mol. The number of hydrogen-bond acceptors (Lipinski definition) is 4. The highest BCUT2D eigenvalue weighted by Crippen LogP contribution is 2.34. The Hall–Kier alpha value is -0.220. The highest BCUT2D eigenvalue weighted by atomic mass is 32.2. The predicted octanol–water partition coefficient (Wildman–Crippen LogP) is 0.806. The quantitative estimate of drug-likeness (QED) is 0.621. The van der Waals surface area contributed by atoms with Crippen molar-refractivity contribution in [3.63, 3.8) is 0 Å². The Bertz CT molecular complexity index is 183. The zero-order valence-corrected chi connectivity index (χ0v) is 8.19. The fourth-order valence-electron chi connectivity index (χ4n) is 1.39. The van der Waals surface area contributed by atoms with Crippen molar-refractivity contribution >= 4 is 17.7 Å². The van der Waals surface area contributed by atoms with Crippen LogP contribution in [0.1, 0.15) is 19.8 Å². The third-order valence-electron chi connectivity index (χ3n) is 2.28. The molecule has 1 aliphatic rings. The molecule has 0 aromatic heterocycles. The number of carbonyl (C=O) groups is 1. The molecule has 1 aliphatic heterocycles. The number of esters is 1. The number of methoxy groups -OCH3 is 1. The van der Waals surface area contributed by atoms with E-state index in [2.05, 4.69) is 4.74 Å². The van der Waals surface area contributed by atoms with Crippen molar-refractivity contribution in [3.05, 3.63) is 0 Å². The minimum absolute atomic E-state index is 0.0568. The number of rotatable bonds is 1.